The molecule has 0 saturated heterocycles. The van der Waals surface area contributed by atoms with Crippen molar-refractivity contribution in [1.29, 1.82) is 0 Å². The van der Waals surface area contributed by atoms with Crippen LogP contribution in [0, 0.1) is 5.82 Å². The van der Waals surface area contributed by atoms with Crippen LogP contribution in [-0.2, 0) is 10.2 Å². The molecule has 0 spiro atoms. The molecule has 0 aliphatic heterocycles. The third kappa shape index (κ3) is 5.35. The molecule has 1 amide bonds. The molecule has 2 aromatic carbocycles. The minimum atomic E-state index is -0.264. The molecule has 0 saturated carbocycles. The van der Waals surface area contributed by atoms with Crippen LogP contribution in [0.15, 0.2) is 77.4 Å². The third-order valence-corrected chi connectivity index (χ3v) is 5.72. The Morgan fingerprint density at radius 2 is 1.79 bits per heavy atom. The number of carbonyl (C=O) groups is 1. The lowest BCUT2D eigenvalue weighted by molar-refractivity contribution is -0.122. The summed E-state index contributed by atoms with van der Waals surface area (Å²) in [7, 11) is 0. The second kappa shape index (κ2) is 9.55. The maximum Gasteiger partial charge on any atom is 0.220 e. The van der Waals surface area contributed by atoms with Gasteiger partial charge >= 0.3 is 0 Å². The van der Waals surface area contributed by atoms with Gasteiger partial charge in [0.25, 0.3) is 0 Å². The van der Waals surface area contributed by atoms with Gasteiger partial charge in [-0.05, 0) is 48.2 Å². The average molecular weight is 394 g/mol. The summed E-state index contributed by atoms with van der Waals surface area (Å²) in [5.41, 5.74) is 1.96. The fraction of sp³-hybridized carbons (Fsp3) is 0.320. The van der Waals surface area contributed by atoms with Crippen molar-refractivity contribution < 1.29 is 13.6 Å². The van der Waals surface area contributed by atoms with Crippen molar-refractivity contribution in [3.8, 4) is 0 Å². The van der Waals surface area contributed by atoms with Gasteiger partial charge in [-0.25, -0.2) is 4.39 Å². The quantitative estimate of drug-likeness (QED) is 0.498. The minimum Gasteiger partial charge on any atom is -0.469 e. The van der Waals surface area contributed by atoms with Crippen LogP contribution in [0.1, 0.15) is 55.9 Å². The van der Waals surface area contributed by atoms with Crippen molar-refractivity contribution in [3.63, 3.8) is 0 Å². The lowest BCUT2D eigenvalue weighted by Gasteiger charge is -2.28. The largest absolute Gasteiger partial charge is 0.469 e. The molecule has 152 valence electrons. The predicted molar refractivity (Wildman–Crippen MR) is 113 cm³/mol. The van der Waals surface area contributed by atoms with E-state index in [2.05, 4.69) is 31.3 Å². The van der Waals surface area contributed by atoms with Gasteiger partial charge in [0.05, 0.1) is 6.26 Å². The van der Waals surface area contributed by atoms with Crippen LogP contribution in [0.25, 0.3) is 0 Å². The van der Waals surface area contributed by atoms with Crippen molar-refractivity contribution in [2.75, 3.05) is 6.54 Å². The minimum absolute atomic E-state index is 0.0300. The van der Waals surface area contributed by atoms with E-state index in [0.29, 0.717) is 19.4 Å². The molecule has 0 unspecified atom stereocenters. The van der Waals surface area contributed by atoms with E-state index in [1.54, 1.807) is 18.4 Å². The first-order valence-electron chi connectivity index (χ1n) is 10.1. The zero-order valence-electron chi connectivity index (χ0n) is 17.0. The van der Waals surface area contributed by atoms with E-state index in [-0.39, 0.29) is 23.1 Å². The molecule has 0 fully saturated rings. The SMILES string of the molecule is CC[C@](C)(CC(=O)NCC[C@H](c1ccc(F)cc1)c1ccco1)c1ccccc1. The Morgan fingerprint density at radius 1 is 1.07 bits per heavy atom. The summed E-state index contributed by atoms with van der Waals surface area (Å²) < 4.78 is 18.9. The molecule has 0 aliphatic carbocycles. The number of carbonyl (C=O) groups excluding carboxylic acids is 1. The lowest BCUT2D eigenvalue weighted by Crippen LogP contribution is -2.33. The van der Waals surface area contributed by atoms with Crippen LogP contribution in [0.2, 0.25) is 0 Å². The second-order valence-electron chi connectivity index (χ2n) is 7.72. The highest BCUT2D eigenvalue weighted by Crippen LogP contribution is 2.31. The van der Waals surface area contributed by atoms with Crippen LogP contribution in [0.4, 0.5) is 4.39 Å². The Morgan fingerprint density at radius 3 is 2.41 bits per heavy atom. The van der Waals surface area contributed by atoms with Crippen LogP contribution >= 0.6 is 0 Å². The van der Waals surface area contributed by atoms with Gasteiger partial charge in [0.1, 0.15) is 11.6 Å². The molecule has 2 atom stereocenters. The molecule has 0 radical (unpaired) electrons. The van der Waals surface area contributed by atoms with Gasteiger partial charge in [-0.2, -0.15) is 0 Å². The van der Waals surface area contributed by atoms with E-state index in [4.69, 9.17) is 4.42 Å². The number of furan rings is 1. The topological polar surface area (TPSA) is 42.2 Å². The summed E-state index contributed by atoms with van der Waals surface area (Å²) in [5, 5.41) is 3.06. The normalized spacial score (nSPS) is 14.2. The molecule has 1 heterocycles. The number of benzene rings is 2. The van der Waals surface area contributed by atoms with Crippen molar-refractivity contribution in [2.24, 2.45) is 0 Å². The first-order valence-corrected chi connectivity index (χ1v) is 10.1. The van der Waals surface area contributed by atoms with E-state index in [9.17, 15) is 9.18 Å². The highest BCUT2D eigenvalue weighted by molar-refractivity contribution is 5.77. The van der Waals surface area contributed by atoms with Crippen LogP contribution < -0.4 is 5.32 Å². The Labute approximate surface area is 172 Å². The number of hydrogen-bond donors (Lipinski definition) is 1. The summed E-state index contributed by atoms with van der Waals surface area (Å²) in [6.07, 6.45) is 3.64. The first-order chi connectivity index (χ1) is 14.0. The van der Waals surface area contributed by atoms with Crippen molar-refractivity contribution in [1.82, 2.24) is 5.32 Å². The Hall–Kier alpha value is -2.88. The number of rotatable bonds is 9. The molecule has 1 aromatic heterocycles. The molecule has 3 nitrogen and oxygen atoms in total. The number of hydrogen-bond acceptors (Lipinski definition) is 2. The molecule has 3 rings (SSSR count). The fourth-order valence-electron chi connectivity index (χ4n) is 3.70. The van der Waals surface area contributed by atoms with Gasteiger partial charge in [0.15, 0.2) is 0 Å². The Balaban J connectivity index is 1.62. The maximum atomic E-state index is 13.3. The van der Waals surface area contributed by atoms with E-state index >= 15 is 0 Å². The lowest BCUT2D eigenvalue weighted by atomic mass is 9.77. The molecular weight excluding hydrogens is 365 g/mol. The van der Waals surface area contributed by atoms with Gasteiger partial charge in [0.2, 0.25) is 5.91 Å². The van der Waals surface area contributed by atoms with Gasteiger partial charge in [-0.1, -0.05) is 56.3 Å². The van der Waals surface area contributed by atoms with Crippen LogP contribution in [0.5, 0.6) is 0 Å². The van der Waals surface area contributed by atoms with Gasteiger partial charge in [-0.15, -0.1) is 0 Å². The number of nitrogens with one attached hydrogen (secondary N) is 1. The smallest absolute Gasteiger partial charge is 0.220 e. The molecule has 0 aliphatic rings. The van der Waals surface area contributed by atoms with Gasteiger partial charge in [-0.3, -0.25) is 4.79 Å². The van der Waals surface area contributed by atoms with Crippen LogP contribution in [0.3, 0.4) is 0 Å². The summed E-state index contributed by atoms with van der Waals surface area (Å²) in [4.78, 5) is 12.7. The highest BCUT2D eigenvalue weighted by Gasteiger charge is 2.27. The molecule has 0 bridgehead atoms. The second-order valence-corrected chi connectivity index (χ2v) is 7.72. The monoisotopic (exact) mass is 393 g/mol. The molecule has 29 heavy (non-hydrogen) atoms. The maximum absolute atomic E-state index is 13.3. The summed E-state index contributed by atoms with van der Waals surface area (Å²) in [5.74, 6) is 0.557. The van der Waals surface area contributed by atoms with Crippen molar-refractivity contribution in [2.45, 2.75) is 44.4 Å². The Kier molecular flexibility index (Phi) is 6.86. The molecular formula is C25H28FNO2. The zero-order valence-corrected chi connectivity index (χ0v) is 17.0. The number of amides is 1. The third-order valence-electron chi connectivity index (χ3n) is 5.72. The van der Waals surface area contributed by atoms with Crippen molar-refractivity contribution in [3.05, 3.63) is 95.7 Å². The highest BCUT2D eigenvalue weighted by atomic mass is 19.1. The van der Waals surface area contributed by atoms with E-state index < -0.39 is 0 Å². The van der Waals surface area contributed by atoms with Gasteiger partial charge in [0, 0.05) is 24.3 Å². The van der Waals surface area contributed by atoms with Crippen LogP contribution in [-0.4, -0.2) is 12.5 Å². The average Bonchev–Trinajstić information content (AvgIpc) is 3.27. The van der Waals surface area contributed by atoms with E-state index in [0.717, 1.165) is 17.7 Å². The van der Waals surface area contributed by atoms with Gasteiger partial charge < -0.3 is 9.73 Å². The summed E-state index contributed by atoms with van der Waals surface area (Å²) in [6.45, 7) is 4.77. The standard InChI is InChI=1S/C25H28FNO2/c1-3-25(2,20-8-5-4-6-9-20)18-24(28)27-16-15-22(23-10-7-17-29-23)19-11-13-21(26)14-12-19/h4-14,17,22H,3,15-16,18H2,1-2H3,(H,27,28)/t22-,25-/m1/s1. The fourth-order valence-corrected chi connectivity index (χ4v) is 3.70. The van der Waals surface area contributed by atoms with Crippen molar-refractivity contribution >= 4 is 5.91 Å². The summed E-state index contributed by atoms with van der Waals surface area (Å²) in [6, 6.07) is 20.4. The molecule has 1 N–H and O–H groups in total. The zero-order chi connectivity index (χ0) is 20.7. The first kappa shape index (κ1) is 20.8. The number of halogens is 1. The van der Waals surface area contributed by atoms with E-state index in [1.165, 1.54) is 17.7 Å². The molecule has 3 aromatic rings. The summed E-state index contributed by atoms with van der Waals surface area (Å²) >= 11 is 0. The predicted octanol–water partition coefficient (Wildman–Crippen LogP) is 5.81. The Bertz CT molecular complexity index is 890. The molecule has 4 heteroatoms. The van der Waals surface area contributed by atoms with E-state index in [1.807, 2.05) is 30.3 Å².